The normalized spacial score (nSPS) is 11.5. The molecule has 0 saturated carbocycles. The summed E-state index contributed by atoms with van der Waals surface area (Å²) in [6.45, 7) is 2.67. The van der Waals surface area contributed by atoms with Crippen LogP contribution in [0.1, 0.15) is 21.5 Å². The minimum atomic E-state index is -3.38. The number of hydrogen-bond donors (Lipinski definition) is 1. The molecule has 5 nitrogen and oxygen atoms in total. The lowest BCUT2D eigenvalue weighted by Gasteiger charge is -2.20. The molecule has 0 aliphatic rings. The fourth-order valence-electron chi connectivity index (χ4n) is 2.26. The van der Waals surface area contributed by atoms with Crippen LogP contribution in [-0.4, -0.2) is 38.0 Å². The number of halogens is 1. The lowest BCUT2D eigenvalue weighted by molar-refractivity contribution is 0.0951. The molecule has 0 heterocycles. The Morgan fingerprint density at radius 2 is 1.68 bits per heavy atom. The first kappa shape index (κ1) is 19.4. The summed E-state index contributed by atoms with van der Waals surface area (Å²) in [4.78, 5) is 12.1. The van der Waals surface area contributed by atoms with E-state index in [2.05, 4.69) is 5.32 Å². The molecule has 0 aromatic heterocycles. The van der Waals surface area contributed by atoms with Crippen LogP contribution in [-0.2, 0) is 16.6 Å². The van der Waals surface area contributed by atoms with Crippen LogP contribution >= 0.6 is 11.6 Å². The number of rotatable bonds is 7. The van der Waals surface area contributed by atoms with Gasteiger partial charge in [0.15, 0.2) is 0 Å². The van der Waals surface area contributed by atoms with Gasteiger partial charge in [0, 0.05) is 30.2 Å². The molecular weight excluding hydrogens is 360 g/mol. The largest absolute Gasteiger partial charge is 0.351 e. The monoisotopic (exact) mass is 380 g/mol. The number of sulfonamides is 1. The third-order valence-electron chi connectivity index (χ3n) is 3.70. The van der Waals surface area contributed by atoms with Crippen molar-refractivity contribution in [3.8, 4) is 0 Å². The van der Waals surface area contributed by atoms with Crippen molar-refractivity contribution < 1.29 is 13.2 Å². The highest BCUT2D eigenvalue weighted by Gasteiger charge is 2.17. The molecule has 25 heavy (non-hydrogen) atoms. The van der Waals surface area contributed by atoms with Gasteiger partial charge < -0.3 is 5.32 Å². The summed E-state index contributed by atoms with van der Waals surface area (Å²) >= 11 is 5.79. The molecule has 134 valence electrons. The second-order valence-electron chi connectivity index (χ2n) is 5.84. The van der Waals surface area contributed by atoms with E-state index in [1.165, 1.54) is 10.6 Å². The summed E-state index contributed by atoms with van der Waals surface area (Å²) in [5.41, 5.74) is 2.50. The smallest absolute Gasteiger partial charge is 0.251 e. The molecular formula is C18H21ClN2O3S. The zero-order valence-corrected chi connectivity index (χ0v) is 15.8. The van der Waals surface area contributed by atoms with Gasteiger partial charge in [0.25, 0.3) is 5.91 Å². The Bertz CT molecular complexity index is 818. The molecule has 0 saturated heterocycles. The zero-order valence-electron chi connectivity index (χ0n) is 14.2. The lowest BCUT2D eigenvalue weighted by atomic mass is 10.1. The van der Waals surface area contributed by atoms with Crippen molar-refractivity contribution in [3.05, 3.63) is 70.2 Å². The second kappa shape index (κ2) is 8.47. The van der Waals surface area contributed by atoms with E-state index in [1.807, 2.05) is 31.2 Å². The number of nitrogens with zero attached hydrogens (tertiary/aromatic N) is 1. The van der Waals surface area contributed by atoms with Crippen LogP contribution in [0.5, 0.6) is 0 Å². The van der Waals surface area contributed by atoms with Crippen LogP contribution in [0.3, 0.4) is 0 Å². The van der Waals surface area contributed by atoms with E-state index in [4.69, 9.17) is 11.6 Å². The van der Waals surface area contributed by atoms with Crippen LogP contribution in [0.2, 0.25) is 5.02 Å². The predicted octanol–water partition coefficient (Wildman–Crippen LogP) is 2.84. The standard InChI is InChI=1S/C18H21ClN2O3S/c1-14-3-5-15(6-4-14)13-21(25(2,23)24)12-11-20-18(22)16-7-9-17(19)10-8-16/h3-10H,11-13H2,1-2H3,(H,20,22). The maximum Gasteiger partial charge on any atom is 0.251 e. The highest BCUT2D eigenvalue weighted by molar-refractivity contribution is 7.88. The molecule has 1 amide bonds. The first-order valence-corrected chi connectivity index (χ1v) is 10.0. The summed E-state index contributed by atoms with van der Waals surface area (Å²) in [6.07, 6.45) is 1.17. The fraction of sp³-hybridized carbons (Fsp3) is 0.278. The van der Waals surface area contributed by atoms with Crippen LogP contribution in [0.25, 0.3) is 0 Å². The Kier molecular flexibility index (Phi) is 6.58. The maximum atomic E-state index is 12.1. The molecule has 1 N–H and O–H groups in total. The van der Waals surface area contributed by atoms with E-state index < -0.39 is 10.0 Å². The number of carbonyl (C=O) groups excluding carboxylic acids is 1. The van der Waals surface area contributed by atoms with E-state index >= 15 is 0 Å². The topological polar surface area (TPSA) is 66.5 Å². The molecule has 0 unspecified atom stereocenters. The van der Waals surface area contributed by atoms with Gasteiger partial charge in [0.1, 0.15) is 0 Å². The van der Waals surface area contributed by atoms with Gasteiger partial charge in [-0.3, -0.25) is 4.79 Å². The number of benzene rings is 2. The summed E-state index contributed by atoms with van der Waals surface area (Å²) in [7, 11) is -3.38. The minimum absolute atomic E-state index is 0.200. The SMILES string of the molecule is Cc1ccc(CN(CCNC(=O)c2ccc(Cl)cc2)S(C)(=O)=O)cc1. The highest BCUT2D eigenvalue weighted by Crippen LogP contribution is 2.11. The van der Waals surface area contributed by atoms with Crippen LogP contribution in [0.4, 0.5) is 0 Å². The number of nitrogens with one attached hydrogen (secondary N) is 1. The van der Waals surface area contributed by atoms with Crippen molar-refractivity contribution in [3.63, 3.8) is 0 Å². The summed E-state index contributed by atoms with van der Waals surface area (Å²) in [6, 6.07) is 14.2. The van der Waals surface area contributed by atoms with E-state index in [0.717, 1.165) is 11.1 Å². The molecule has 0 aliphatic carbocycles. The van der Waals surface area contributed by atoms with Crippen molar-refractivity contribution in [1.82, 2.24) is 9.62 Å². The molecule has 0 spiro atoms. The molecule has 2 aromatic rings. The Balaban J connectivity index is 1.95. The van der Waals surface area contributed by atoms with Gasteiger partial charge in [0.05, 0.1) is 6.26 Å². The van der Waals surface area contributed by atoms with Gasteiger partial charge in [-0.2, -0.15) is 4.31 Å². The van der Waals surface area contributed by atoms with E-state index in [9.17, 15) is 13.2 Å². The first-order valence-electron chi connectivity index (χ1n) is 7.80. The molecule has 0 radical (unpaired) electrons. The first-order chi connectivity index (χ1) is 11.8. The van der Waals surface area contributed by atoms with Gasteiger partial charge in [0.2, 0.25) is 10.0 Å². The Hall–Kier alpha value is -1.89. The van der Waals surface area contributed by atoms with Crippen molar-refractivity contribution in [2.45, 2.75) is 13.5 Å². The van der Waals surface area contributed by atoms with Gasteiger partial charge >= 0.3 is 0 Å². The fourth-order valence-corrected chi connectivity index (χ4v) is 3.19. The van der Waals surface area contributed by atoms with E-state index in [1.54, 1.807) is 24.3 Å². The van der Waals surface area contributed by atoms with Crippen molar-refractivity contribution >= 4 is 27.5 Å². The van der Waals surface area contributed by atoms with Crippen LogP contribution in [0, 0.1) is 6.92 Å². The molecule has 0 fully saturated rings. The molecule has 2 aromatic carbocycles. The number of hydrogen-bond acceptors (Lipinski definition) is 3. The van der Waals surface area contributed by atoms with E-state index in [-0.39, 0.29) is 25.5 Å². The quantitative estimate of drug-likeness (QED) is 0.803. The number of amides is 1. The molecule has 7 heteroatoms. The third kappa shape index (κ3) is 6.16. The summed E-state index contributed by atoms with van der Waals surface area (Å²) < 4.78 is 25.3. The summed E-state index contributed by atoms with van der Waals surface area (Å²) in [5.74, 6) is -0.263. The number of carbonyl (C=O) groups is 1. The molecule has 0 bridgehead atoms. The van der Waals surface area contributed by atoms with Crippen molar-refractivity contribution in [2.24, 2.45) is 0 Å². The average Bonchev–Trinajstić information content (AvgIpc) is 2.55. The van der Waals surface area contributed by atoms with Crippen molar-refractivity contribution in [2.75, 3.05) is 19.3 Å². The molecule has 2 rings (SSSR count). The third-order valence-corrected chi connectivity index (χ3v) is 5.20. The maximum absolute atomic E-state index is 12.1. The minimum Gasteiger partial charge on any atom is -0.351 e. The second-order valence-corrected chi connectivity index (χ2v) is 8.26. The predicted molar refractivity (Wildman–Crippen MR) is 100 cm³/mol. The van der Waals surface area contributed by atoms with Crippen molar-refractivity contribution in [1.29, 1.82) is 0 Å². The van der Waals surface area contributed by atoms with Gasteiger partial charge in [-0.1, -0.05) is 41.4 Å². The zero-order chi connectivity index (χ0) is 18.4. The van der Waals surface area contributed by atoms with Crippen LogP contribution < -0.4 is 5.32 Å². The Labute approximate surface area is 153 Å². The van der Waals surface area contributed by atoms with Crippen LogP contribution in [0.15, 0.2) is 48.5 Å². The average molecular weight is 381 g/mol. The van der Waals surface area contributed by atoms with Gasteiger partial charge in [-0.25, -0.2) is 8.42 Å². The Morgan fingerprint density at radius 3 is 2.24 bits per heavy atom. The van der Waals surface area contributed by atoms with Gasteiger partial charge in [-0.15, -0.1) is 0 Å². The molecule has 0 aliphatic heterocycles. The Morgan fingerprint density at radius 1 is 1.08 bits per heavy atom. The van der Waals surface area contributed by atoms with E-state index in [0.29, 0.717) is 10.6 Å². The van der Waals surface area contributed by atoms with Gasteiger partial charge in [-0.05, 0) is 36.8 Å². The lowest BCUT2D eigenvalue weighted by Crippen LogP contribution is -2.37. The summed E-state index contributed by atoms with van der Waals surface area (Å²) in [5, 5.41) is 3.28. The molecule has 0 atom stereocenters. The highest BCUT2D eigenvalue weighted by atomic mass is 35.5. The number of aryl methyl sites for hydroxylation is 1.